The van der Waals surface area contributed by atoms with Gasteiger partial charge in [0.05, 0.1) is 5.56 Å². The minimum atomic E-state index is 0.0750. The Morgan fingerprint density at radius 1 is 1.35 bits per heavy atom. The number of rotatable bonds is 4. The summed E-state index contributed by atoms with van der Waals surface area (Å²) in [4.78, 5) is 8.40. The van der Waals surface area contributed by atoms with E-state index in [1.807, 2.05) is 26.0 Å². The first-order chi connectivity index (χ1) is 8.15. The zero-order valence-electron chi connectivity index (χ0n) is 9.97. The Labute approximate surface area is 100 Å². The highest BCUT2D eigenvalue weighted by atomic mass is 16.3. The highest BCUT2D eigenvalue weighted by Crippen LogP contribution is 2.20. The number of nitrogens with two attached hydrogens (primary N) is 1. The van der Waals surface area contributed by atoms with Crippen LogP contribution in [0.25, 0.3) is 11.3 Å². The number of hydrogen-bond donors (Lipinski definition) is 2. The SMILES string of the molecule is Cc1ccc(-c2cnc(NCC(C)N)nc2)o1. The molecule has 0 aliphatic rings. The van der Waals surface area contributed by atoms with Crippen LogP contribution in [0.15, 0.2) is 28.9 Å². The molecule has 0 bridgehead atoms. The van der Waals surface area contributed by atoms with Crippen LogP contribution in [0, 0.1) is 6.92 Å². The molecule has 0 fully saturated rings. The molecule has 0 aliphatic carbocycles. The average molecular weight is 232 g/mol. The van der Waals surface area contributed by atoms with Crippen LogP contribution in [-0.2, 0) is 0 Å². The zero-order valence-corrected chi connectivity index (χ0v) is 9.97. The van der Waals surface area contributed by atoms with Crippen LogP contribution in [0.1, 0.15) is 12.7 Å². The summed E-state index contributed by atoms with van der Waals surface area (Å²) in [6.07, 6.45) is 3.46. The van der Waals surface area contributed by atoms with Gasteiger partial charge in [-0.1, -0.05) is 0 Å². The second-order valence-corrected chi connectivity index (χ2v) is 4.06. The third-order valence-electron chi connectivity index (χ3n) is 2.26. The summed E-state index contributed by atoms with van der Waals surface area (Å²) in [5, 5.41) is 3.05. The summed E-state index contributed by atoms with van der Waals surface area (Å²) >= 11 is 0. The summed E-state index contributed by atoms with van der Waals surface area (Å²) in [7, 11) is 0. The number of nitrogens with one attached hydrogen (secondary N) is 1. The molecule has 5 nitrogen and oxygen atoms in total. The fraction of sp³-hybridized carbons (Fsp3) is 0.333. The van der Waals surface area contributed by atoms with Gasteiger partial charge in [0, 0.05) is 25.0 Å². The largest absolute Gasteiger partial charge is 0.461 e. The first kappa shape index (κ1) is 11.6. The van der Waals surface area contributed by atoms with Crippen LogP contribution in [0.5, 0.6) is 0 Å². The zero-order chi connectivity index (χ0) is 12.3. The van der Waals surface area contributed by atoms with Crippen molar-refractivity contribution in [3.8, 4) is 11.3 Å². The molecule has 0 spiro atoms. The van der Waals surface area contributed by atoms with Gasteiger partial charge in [0.2, 0.25) is 5.95 Å². The molecule has 3 N–H and O–H groups in total. The van der Waals surface area contributed by atoms with Crippen LogP contribution in [-0.4, -0.2) is 22.6 Å². The Morgan fingerprint density at radius 3 is 2.59 bits per heavy atom. The van der Waals surface area contributed by atoms with Crippen LogP contribution in [0.3, 0.4) is 0 Å². The lowest BCUT2D eigenvalue weighted by molar-refractivity contribution is 0.548. The predicted molar refractivity (Wildman–Crippen MR) is 66.6 cm³/mol. The number of anilines is 1. The highest BCUT2D eigenvalue weighted by molar-refractivity contribution is 5.55. The van der Waals surface area contributed by atoms with E-state index in [1.54, 1.807) is 12.4 Å². The molecule has 90 valence electrons. The van der Waals surface area contributed by atoms with Crippen molar-refractivity contribution in [3.05, 3.63) is 30.3 Å². The fourth-order valence-electron chi connectivity index (χ4n) is 1.39. The molecule has 0 saturated carbocycles. The highest BCUT2D eigenvalue weighted by Gasteiger charge is 2.04. The lowest BCUT2D eigenvalue weighted by atomic mass is 10.3. The van der Waals surface area contributed by atoms with Crippen molar-refractivity contribution in [2.45, 2.75) is 19.9 Å². The van der Waals surface area contributed by atoms with Crippen molar-refractivity contribution in [1.82, 2.24) is 9.97 Å². The van der Waals surface area contributed by atoms with Crippen molar-refractivity contribution < 1.29 is 4.42 Å². The van der Waals surface area contributed by atoms with E-state index in [2.05, 4.69) is 15.3 Å². The first-order valence-corrected chi connectivity index (χ1v) is 5.53. The quantitative estimate of drug-likeness (QED) is 0.840. The maximum absolute atomic E-state index is 5.63. The Morgan fingerprint density at radius 2 is 2.06 bits per heavy atom. The van der Waals surface area contributed by atoms with Crippen molar-refractivity contribution in [2.75, 3.05) is 11.9 Å². The minimum absolute atomic E-state index is 0.0750. The maximum atomic E-state index is 5.63. The molecule has 2 aromatic heterocycles. The van der Waals surface area contributed by atoms with Crippen molar-refractivity contribution in [1.29, 1.82) is 0 Å². The third-order valence-corrected chi connectivity index (χ3v) is 2.26. The Hall–Kier alpha value is -1.88. The molecule has 0 saturated heterocycles. The van der Waals surface area contributed by atoms with E-state index in [9.17, 15) is 0 Å². The molecule has 0 aromatic carbocycles. The number of hydrogen-bond acceptors (Lipinski definition) is 5. The fourth-order valence-corrected chi connectivity index (χ4v) is 1.39. The molecule has 2 aromatic rings. The number of aromatic nitrogens is 2. The van der Waals surface area contributed by atoms with E-state index >= 15 is 0 Å². The maximum Gasteiger partial charge on any atom is 0.222 e. The van der Waals surface area contributed by atoms with Crippen molar-refractivity contribution >= 4 is 5.95 Å². The Balaban J connectivity index is 2.07. The molecule has 17 heavy (non-hydrogen) atoms. The Kier molecular flexibility index (Phi) is 3.39. The number of aryl methyl sites for hydroxylation is 1. The summed E-state index contributed by atoms with van der Waals surface area (Å²) in [6.45, 7) is 4.48. The molecular formula is C12H16N4O. The van der Waals surface area contributed by atoms with Gasteiger partial charge in [0.15, 0.2) is 0 Å². The minimum Gasteiger partial charge on any atom is -0.461 e. The van der Waals surface area contributed by atoms with Gasteiger partial charge in [-0.25, -0.2) is 9.97 Å². The molecule has 0 amide bonds. The second-order valence-electron chi connectivity index (χ2n) is 4.06. The third kappa shape index (κ3) is 3.04. The first-order valence-electron chi connectivity index (χ1n) is 5.53. The monoisotopic (exact) mass is 232 g/mol. The van der Waals surface area contributed by atoms with E-state index in [4.69, 9.17) is 10.2 Å². The molecule has 2 rings (SSSR count). The summed E-state index contributed by atoms with van der Waals surface area (Å²) < 4.78 is 5.49. The molecule has 2 heterocycles. The van der Waals surface area contributed by atoms with Gasteiger partial charge in [-0.2, -0.15) is 0 Å². The van der Waals surface area contributed by atoms with Gasteiger partial charge in [-0.05, 0) is 26.0 Å². The average Bonchev–Trinajstić information content (AvgIpc) is 2.74. The van der Waals surface area contributed by atoms with Crippen LogP contribution >= 0.6 is 0 Å². The van der Waals surface area contributed by atoms with Gasteiger partial charge in [-0.3, -0.25) is 0 Å². The molecule has 0 aliphatic heterocycles. The van der Waals surface area contributed by atoms with Crippen LogP contribution in [0.2, 0.25) is 0 Å². The van der Waals surface area contributed by atoms with Gasteiger partial charge < -0.3 is 15.5 Å². The van der Waals surface area contributed by atoms with Gasteiger partial charge >= 0.3 is 0 Å². The second kappa shape index (κ2) is 4.97. The summed E-state index contributed by atoms with van der Waals surface area (Å²) in [5.74, 6) is 2.23. The van der Waals surface area contributed by atoms with E-state index in [0.717, 1.165) is 17.1 Å². The smallest absolute Gasteiger partial charge is 0.222 e. The molecule has 1 unspecified atom stereocenters. The van der Waals surface area contributed by atoms with E-state index in [-0.39, 0.29) is 6.04 Å². The van der Waals surface area contributed by atoms with Crippen LogP contribution < -0.4 is 11.1 Å². The predicted octanol–water partition coefficient (Wildman–Crippen LogP) is 1.80. The summed E-state index contributed by atoms with van der Waals surface area (Å²) in [6, 6.07) is 3.90. The van der Waals surface area contributed by atoms with Gasteiger partial charge in [-0.15, -0.1) is 0 Å². The molecule has 0 radical (unpaired) electrons. The Bertz CT molecular complexity index is 476. The van der Waals surface area contributed by atoms with Crippen LogP contribution in [0.4, 0.5) is 5.95 Å². The normalized spacial score (nSPS) is 12.4. The lowest BCUT2D eigenvalue weighted by Crippen LogP contribution is -2.25. The van der Waals surface area contributed by atoms with Crippen molar-refractivity contribution in [2.24, 2.45) is 5.73 Å². The topological polar surface area (TPSA) is 77.0 Å². The van der Waals surface area contributed by atoms with E-state index in [1.165, 1.54) is 0 Å². The van der Waals surface area contributed by atoms with E-state index < -0.39 is 0 Å². The van der Waals surface area contributed by atoms with Gasteiger partial charge in [0.25, 0.3) is 0 Å². The molecule has 5 heteroatoms. The number of furan rings is 1. The molecule has 1 atom stereocenters. The van der Waals surface area contributed by atoms with E-state index in [0.29, 0.717) is 12.5 Å². The van der Waals surface area contributed by atoms with Crippen molar-refractivity contribution in [3.63, 3.8) is 0 Å². The lowest BCUT2D eigenvalue weighted by Gasteiger charge is -2.07. The number of nitrogens with zero attached hydrogens (tertiary/aromatic N) is 2. The molecular weight excluding hydrogens is 216 g/mol. The van der Waals surface area contributed by atoms with Gasteiger partial charge in [0.1, 0.15) is 11.5 Å². The summed E-state index contributed by atoms with van der Waals surface area (Å²) in [5.41, 5.74) is 6.50. The standard InChI is InChI=1S/C12H16N4O/c1-8(13)5-14-12-15-6-10(7-16-12)11-4-3-9(2)17-11/h3-4,6-8H,5,13H2,1-2H3,(H,14,15,16).